The monoisotopic (exact) mass is 221 g/mol. The maximum atomic E-state index is 12.9. The molecule has 1 aromatic rings. The molecule has 0 heterocycles. The van der Waals surface area contributed by atoms with Crippen LogP contribution in [0.1, 0.15) is 38.2 Å². The van der Waals surface area contributed by atoms with Gasteiger partial charge in [-0.3, -0.25) is 0 Å². The third-order valence-electron chi connectivity index (χ3n) is 3.31. The van der Waals surface area contributed by atoms with Crippen molar-refractivity contribution in [2.75, 3.05) is 6.54 Å². The summed E-state index contributed by atoms with van der Waals surface area (Å²) < 4.78 is 12.9. The van der Waals surface area contributed by atoms with Crippen LogP contribution in [0.15, 0.2) is 24.3 Å². The van der Waals surface area contributed by atoms with Crippen LogP contribution in [0.2, 0.25) is 0 Å². The van der Waals surface area contributed by atoms with Crippen molar-refractivity contribution in [2.24, 2.45) is 5.92 Å². The first-order valence-corrected chi connectivity index (χ1v) is 6.15. The largest absolute Gasteiger partial charge is 0.313 e. The molecular weight excluding hydrogens is 201 g/mol. The van der Waals surface area contributed by atoms with Gasteiger partial charge in [0.1, 0.15) is 5.82 Å². The summed E-state index contributed by atoms with van der Waals surface area (Å²) in [5, 5.41) is 3.56. The van der Waals surface area contributed by atoms with Crippen molar-refractivity contribution in [3.63, 3.8) is 0 Å². The summed E-state index contributed by atoms with van der Waals surface area (Å²) in [6.07, 6.45) is 2.63. The lowest BCUT2D eigenvalue weighted by Crippen LogP contribution is -2.26. The third kappa shape index (κ3) is 3.05. The molecule has 0 amide bonds. The Morgan fingerprint density at radius 2 is 1.88 bits per heavy atom. The van der Waals surface area contributed by atoms with Crippen molar-refractivity contribution < 1.29 is 4.39 Å². The molecule has 0 aliphatic heterocycles. The van der Waals surface area contributed by atoms with Crippen molar-refractivity contribution in [3.8, 4) is 0 Å². The second kappa shape index (κ2) is 4.96. The van der Waals surface area contributed by atoms with Crippen LogP contribution >= 0.6 is 0 Å². The first-order valence-electron chi connectivity index (χ1n) is 6.15. The number of hydrogen-bond donors (Lipinski definition) is 1. The Labute approximate surface area is 97.1 Å². The summed E-state index contributed by atoms with van der Waals surface area (Å²) in [6, 6.07) is 7.68. The van der Waals surface area contributed by atoms with Gasteiger partial charge >= 0.3 is 0 Å². The number of hydrogen-bond acceptors (Lipinski definition) is 1. The van der Waals surface area contributed by atoms with E-state index in [2.05, 4.69) is 19.2 Å². The van der Waals surface area contributed by atoms with Gasteiger partial charge in [-0.25, -0.2) is 4.39 Å². The first-order chi connectivity index (χ1) is 7.66. The van der Waals surface area contributed by atoms with Crippen molar-refractivity contribution in [1.82, 2.24) is 5.32 Å². The lowest BCUT2D eigenvalue weighted by Gasteiger charge is -2.22. The molecule has 0 aromatic heterocycles. The molecule has 1 atom stereocenters. The van der Waals surface area contributed by atoms with Crippen molar-refractivity contribution in [1.29, 1.82) is 0 Å². The van der Waals surface area contributed by atoms with Gasteiger partial charge in [0.2, 0.25) is 0 Å². The van der Waals surface area contributed by atoms with E-state index in [1.165, 1.54) is 18.4 Å². The van der Waals surface area contributed by atoms with E-state index < -0.39 is 0 Å². The lowest BCUT2D eigenvalue weighted by molar-refractivity contribution is 0.460. The van der Waals surface area contributed by atoms with Gasteiger partial charge in [0, 0.05) is 12.6 Å². The predicted octanol–water partition coefficient (Wildman–Crippen LogP) is 3.32. The van der Waals surface area contributed by atoms with Crippen LogP contribution in [0.3, 0.4) is 0 Å². The highest BCUT2D eigenvalue weighted by molar-refractivity contribution is 5.21. The molecule has 2 rings (SSSR count). The zero-order valence-corrected chi connectivity index (χ0v) is 10.0. The fourth-order valence-electron chi connectivity index (χ4n) is 2.03. The van der Waals surface area contributed by atoms with Gasteiger partial charge in [-0.15, -0.1) is 0 Å². The van der Waals surface area contributed by atoms with Crippen molar-refractivity contribution >= 4 is 0 Å². The first kappa shape index (κ1) is 11.6. The lowest BCUT2D eigenvalue weighted by atomic mass is 9.88. The van der Waals surface area contributed by atoms with Crippen LogP contribution < -0.4 is 5.32 Å². The Bertz CT molecular complexity index is 327. The Morgan fingerprint density at radius 3 is 2.38 bits per heavy atom. The zero-order valence-electron chi connectivity index (χ0n) is 10.0. The van der Waals surface area contributed by atoms with Gasteiger partial charge in [0.25, 0.3) is 0 Å². The molecule has 1 aliphatic carbocycles. The molecule has 88 valence electrons. The molecule has 0 bridgehead atoms. The standard InChI is InChI=1S/C14H20FN/c1-10(2)14(9-16-13-7-8-13)11-3-5-12(15)6-4-11/h3-6,10,13-14,16H,7-9H2,1-2H3. The summed E-state index contributed by atoms with van der Waals surface area (Å²) in [5.74, 6) is 0.916. The Morgan fingerprint density at radius 1 is 1.25 bits per heavy atom. The van der Waals surface area contributed by atoms with Crippen LogP contribution in [0.25, 0.3) is 0 Å². The molecule has 1 aliphatic rings. The second-order valence-electron chi connectivity index (χ2n) is 5.08. The Hall–Kier alpha value is -0.890. The summed E-state index contributed by atoms with van der Waals surface area (Å²) in [7, 11) is 0. The number of benzene rings is 1. The van der Waals surface area contributed by atoms with E-state index in [4.69, 9.17) is 0 Å². The van der Waals surface area contributed by atoms with E-state index in [-0.39, 0.29) is 5.82 Å². The molecule has 1 nitrogen and oxygen atoms in total. The SMILES string of the molecule is CC(C)C(CNC1CC1)c1ccc(F)cc1. The molecule has 0 spiro atoms. The van der Waals surface area contributed by atoms with E-state index in [9.17, 15) is 4.39 Å². The highest BCUT2D eigenvalue weighted by atomic mass is 19.1. The van der Waals surface area contributed by atoms with Crippen LogP contribution in [-0.2, 0) is 0 Å². The smallest absolute Gasteiger partial charge is 0.123 e. The van der Waals surface area contributed by atoms with Gasteiger partial charge in [0.15, 0.2) is 0 Å². The molecule has 1 saturated carbocycles. The van der Waals surface area contributed by atoms with E-state index in [1.807, 2.05) is 12.1 Å². The van der Waals surface area contributed by atoms with Crippen molar-refractivity contribution in [2.45, 2.75) is 38.6 Å². The maximum absolute atomic E-state index is 12.9. The topological polar surface area (TPSA) is 12.0 Å². The highest BCUT2D eigenvalue weighted by Gasteiger charge is 2.23. The van der Waals surface area contributed by atoms with Crippen LogP contribution in [0.4, 0.5) is 4.39 Å². The fraction of sp³-hybridized carbons (Fsp3) is 0.571. The molecule has 1 N–H and O–H groups in total. The molecular formula is C14H20FN. The summed E-state index contributed by atoms with van der Waals surface area (Å²) in [5.41, 5.74) is 1.24. The van der Waals surface area contributed by atoms with E-state index in [0.717, 1.165) is 12.6 Å². The van der Waals surface area contributed by atoms with Crippen LogP contribution in [-0.4, -0.2) is 12.6 Å². The number of nitrogens with one attached hydrogen (secondary N) is 1. The summed E-state index contributed by atoms with van der Waals surface area (Å²) in [6.45, 7) is 5.46. The van der Waals surface area contributed by atoms with Crippen LogP contribution in [0.5, 0.6) is 0 Å². The van der Waals surface area contributed by atoms with E-state index in [1.54, 1.807) is 12.1 Å². The fourth-order valence-corrected chi connectivity index (χ4v) is 2.03. The Balaban J connectivity index is 2.01. The predicted molar refractivity (Wildman–Crippen MR) is 65.0 cm³/mol. The molecule has 0 radical (unpaired) electrons. The average Bonchev–Trinajstić information content (AvgIpc) is 3.04. The van der Waals surface area contributed by atoms with Gasteiger partial charge < -0.3 is 5.32 Å². The molecule has 1 aromatic carbocycles. The Kier molecular flexibility index (Phi) is 3.59. The molecule has 2 heteroatoms. The maximum Gasteiger partial charge on any atom is 0.123 e. The zero-order chi connectivity index (χ0) is 11.5. The average molecular weight is 221 g/mol. The van der Waals surface area contributed by atoms with Gasteiger partial charge in [-0.05, 0) is 42.4 Å². The molecule has 0 saturated heterocycles. The minimum Gasteiger partial charge on any atom is -0.313 e. The number of rotatable bonds is 5. The van der Waals surface area contributed by atoms with Gasteiger partial charge in [0.05, 0.1) is 0 Å². The minimum absolute atomic E-state index is 0.151. The van der Waals surface area contributed by atoms with Crippen molar-refractivity contribution in [3.05, 3.63) is 35.6 Å². The molecule has 1 fully saturated rings. The normalized spacial score (nSPS) is 17.8. The quantitative estimate of drug-likeness (QED) is 0.804. The third-order valence-corrected chi connectivity index (χ3v) is 3.31. The minimum atomic E-state index is -0.151. The van der Waals surface area contributed by atoms with Crippen LogP contribution in [0, 0.1) is 11.7 Å². The van der Waals surface area contributed by atoms with Gasteiger partial charge in [-0.2, -0.15) is 0 Å². The van der Waals surface area contributed by atoms with Gasteiger partial charge in [-0.1, -0.05) is 26.0 Å². The number of halogens is 1. The van der Waals surface area contributed by atoms with E-state index in [0.29, 0.717) is 11.8 Å². The summed E-state index contributed by atoms with van der Waals surface area (Å²) in [4.78, 5) is 0. The summed E-state index contributed by atoms with van der Waals surface area (Å²) >= 11 is 0. The second-order valence-corrected chi connectivity index (χ2v) is 5.08. The van der Waals surface area contributed by atoms with E-state index >= 15 is 0 Å². The highest BCUT2D eigenvalue weighted by Crippen LogP contribution is 2.26. The molecule has 1 unspecified atom stereocenters. The molecule has 16 heavy (non-hydrogen) atoms.